The van der Waals surface area contributed by atoms with Crippen molar-refractivity contribution in [3.8, 4) is 0 Å². The summed E-state index contributed by atoms with van der Waals surface area (Å²) in [7, 11) is 2.10. The first-order valence-corrected chi connectivity index (χ1v) is 4.58. The Hall–Kier alpha value is -1.31. The van der Waals surface area contributed by atoms with E-state index >= 15 is 0 Å². The molecule has 0 fully saturated rings. The van der Waals surface area contributed by atoms with Gasteiger partial charge in [0.05, 0.1) is 0 Å². The van der Waals surface area contributed by atoms with Crippen LogP contribution in [0.3, 0.4) is 0 Å². The van der Waals surface area contributed by atoms with Gasteiger partial charge in [0.25, 0.3) is 0 Å². The number of hydrogen-bond acceptors (Lipinski definition) is 2. The van der Waals surface area contributed by atoms with Gasteiger partial charge in [0, 0.05) is 25.7 Å². The fourth-order valence-corrected chi connectivity index (χ4v) is 1.84. The number of aldehydes is 1. The maximum Gasteiger partial charge on any atom is 0.124 e. The lowest BCUT2D eigenvalue weighted by molar-refractivity contribution is -0.107. The van der Waals surface area contributed by atoms with E-state index in [1.807, 2.05) is 6.07 Å². The highest BCUT2D eigenvalue weighted by molar-refractivity contribution is 5.61. The van der Waals surface area contributed by atoms with Gasteiger partial charge in [0.1, 0.15) is 6.29 Å². The number of fused-ring (bicyclic) bond motifs is 1. The average molecular weight is 175 g/mol. The highest BCUT2D eigenvalue weighted by Crippen LogP contribution is 2.27. The predicted molar refractivity (Wildman–Crippen MR) is 53.2 cm³/mol. The first-order valence-electron chi connectivity index (χ1n) is 4.58. The second-order valence-corrected chi connectivity index (χ2v) is 3.51. The van der Waals surface area contributed by atoms with Gasteiger partial charge in [-0.15, -0.1) is 0 Å². The lowest BCUT2D eigenvalue weighted by Gasteiger charge is -2.11. The summed E-state index contributed by atoms with van der Waals surface area (Å²) in [6, 6.07) is 6.30. The zero-order valence-electron chi connectivity index (χ0n) is 7.79. The molecule has 1 heterocycles. The van der Waals surface area contributed by atoms with Crippen molar-refractivity contribution >= 4 is 12.0 Å². The van der Waals surface area contributed by atoms with E-state index in [1.165, 1.54) is 11.3 Å². The summed E-state index contributed by atoms with van der Waals surface area (Å²) in [5.41, 5.74) is 3.82. The van der Waals surface area contributed by atoms with E-state index in [0.29, 0.717) is 6.42 Å². The number of carbonyl (C=O) groups excluding carboxylic acids is 1. The fourth-order valence-electron chi connectivity index (χ4n) is 1.84. The lowest BCUT2D eigenvalue weighted by Crippen LogP contribution is -2.12. The Balaban J connectivity index is 2.33. The van der Waals surface area contributed by atoms with Crippen LogP contribution in [-0.2, 0) is 17.6 Å². The molecule has 0 aliphatic carbocycles. The Kier molecular flexibility index (Phi) is 2.05. The van der Waals surface area contributed by atoms with Gasteiger partial charge in [-0.25, -0.2) is 0 Å². The van der Waals surface area contributed by atoms with E-state index in [4.69, 9.17) is 0 Å². The van der Waals surface area contributed by atoms with Crippen molar-refractivity contribution in [3.05, 3.63) is 29.3 Å². The quantitative estimate of drug-likeness (QED) is 0.633. The lowest BCUT2D eigenvalue weighted by atomic mass is 10.1. The predicted octanol–water partition coefficient (Wildman–Crippen LogP) is 1.42. The van der Waals surface area contributed by atoms with Crippen LogP contribution in [0.5, 0.6) is 0 Å². The van der Waals surface area contributed by atoms with Gasteiger partial charge in [0.2, 0.25) is 0 Å². The monoisotopic (exact) mass is 175 g/mol. The molecule has 1 aromatic rings. The summed E-state index contributed by atoms with van der Waals surface area (Å²) < 4.78 is 0. The minimum absolute atomic E-state index is 0.539. The van der Waals surface area contributed by atoms with Crippen LogP contribution in [0.4, 0.5) is 5.69 Å². The number of benzene rings is 1. The number of rotatable bonds is 2. The SMILES string of the molecule is CN1CCc2cc(CC=O)ccc21. The van der Waals surface area contributed by atoms with Crippen LogP contribution in [0.15, 0.2) is 18.2 Å². The van der Waals surface area contributed by atoms with Crippen LogP contribution >= 0.6 is 0 Å². The summed E-state index contributed by atoms with van der Waals surface area (Å²) >= 11 is 0. The van der Waals surface area contributed by atoms with Crippen molar-refractivity contribution in [2.24, 2.45) is 0 Å². The molecule has 13 heavy (non-hydrogen) atoms. The smallest absolute Gasteiger partial charge is 0.124 e. The molecule has 0 amide bonds. The Morgan fingerprint density at radius 3 is 3.15 bits per heavy atom. The highest BCUT2D eigenvalue weighted by atomic mass is 16.1. The third kappa shape index (κ3) is 1.44. The second-order valence-electron chi connectivity index (χ2n) is 3.51. The molecule has 0 unspecified atom stereocenters. The Labute approximate surface area is 78.2 Å². The molecule has 0 saturated heterocycles. The Morgan fingerprint density at radius 2 is 2.38 bits per heavy atom. The van der Waals surface area contributed by atoms with Gasteiger partial charge in [-0.3, -0.25) is 0 Å². The molecule has 1 aromatic carbocycles. The molecule has 0 saturated carbocycles. The third-order valence-electron chi connectivity index (χ3n) is 2.59. The molecule has 0 bridgehead atoms. The molecule has 1 aliphatic rings. The van der Waals surface area contributed by atoms with E-state index in [0.717, 1.165) is 24.8 Å². The van der Waals surface area contributed by atoms with Crippen LogP contribution in [0.1, 0.15) is 11.1 Å². The standard InChI is InChI=1S/C11H13NO/c1-12-6-4-10-8-9(5-7-13)2-3-11(10)12/h2-3,7-8H,4-6H2,1H3. The largest absolute Gasteiger partial charge is 0.374 e. The average Bonchev–Trinajstić information content (AvgIpc) is 2.48. The molecule has 68 valence electrons. The van der Waals surface area contributed by atoms with E-state index < -0.39 is 0 Å². The zero-order chi connectivity index (χ0) is 9.26. The summed E-state index contributed by atoms with van der Waals surface area (Å²) in [6.07, 6.45) is 2.61. The van der Waals surface area contributed by atoms with Crippen LogP contribution in [0.25, 0.3) is 0 Å². The maximum atomic E-state index is 10.3. The number of nitrogens with zero attached hydrogens (tertiary/aromatic N) is 1. The van der Waals surface area contributed by atoms with Crippen molar-refractivity contribution < 1.29 is 4.79 Å². The van der Waals surface area contributed by atoms with Crippen LogP contribution in [-0.4, -0.2) is 19.9 Å². The van der Waals surface area contributed by atoms with E-state index in [2.05, 4.69) is 24.1 Å². The number of likely N-dealkylation sites (N-methyl/N-ethyl adjacent to an activating group) is 1. The Bertz CT molecular complexity index is 333. The Morgan fingerprint density at radius 1 is 1.54 bits per heavy atom. The van der Waals surface area contributed by atoms with Gasteiger partial charge in [0.15, 0.2) is 0 Å². The number of hydrogen-bond donors (Lipinski definition) is 0. The minimum atomic E-state index is 0.539. The minimum Gasteiger partial charge on any atom is -0.374 e. The third-order valence-corrected chi connectivity index (χ3v) is 2.59. The maximum absolute atomic E-state index is 10.3. The molecule has 0 spiro atoms. The first kappa shape index (κ1) is 8.30. The summed E-state index contributed by atoms with van der Waals surface area (Å²) in [5.74, 6) is 0. The second kappa shape index (κ2) is 3.21. The summed E-state index contributed by atoms with van der Waals surface area (Å²) in [6.45, 7) is 1.10. The molecule has 2 heteroatoms. The van der Waals surface area contributed by atoms with Crippen LogP contribution in [0.2, 0.25) is 0 Å². The van der Waals surface area contributed by atoms with Crippen molar-refractivity contribution in [1.82, 2.24) is 0 Å². The molecular formula is C11H13NO. The molecule has 0 atom stereocenters. The molecule has 0 radical (unpaired) electrons. The molecule has 2 rings (SSSR count). The molecule has 1 aliphatic heterocycles. The zero-order valence-corrected chi connectivity index (χ0v) is 7.79. The summed E-state index contributed by atoms with van der Waals surface area (Å²) in [5, 5.41) is 0. The normalized spacial score (nSPS) is 14.4. The molecule has 0 aromatic heterocycles. The topological polar surface area (TPSA) is 20.3 Å². The molecular weight excluding hydrogens is 162 g/mol. The van der Waals surface area contributed by atoms with Crippen molar-refractivity contribution in [3.63, 3.8) is 0 Å². The van der Waals surface area contributed by atoms with Gasteiger partial charge in [-0.05, 0) is 23.6 Å². The number of anilines is 1. The molecule has 2 nitrogen and oxygen atoms in total. The van der Waals surface area contributed by atoms with Crippen LogP contribution in [0, 0.1) is 0 Å². The number of carbonyl (C=O) groups is 1. The van der Waals surface area contributed by atoms with E-state index in [1.54, 1.807) is 0 Å². The van der Waals surface area contributed by atoms with Gasteiger partial charge in [-0.1, -0.05) is 12.1 Å². The van der Waals surface area contributed by atoms with Crippen molar-refractivity contribution in [2.45, 2.75) is 12.8 Å². The summed E-state index contributed by atoms with van der Waals surface area (Å²) in [4.78, 5) is 12.6. The highest BCUT2D eigenvalue weighted by Gasteiger charge is 2.14. The van der Waals surface area contributed by atoms with Crippen molar-refractivity contribution in [2.75, 3.05) is 18.5 Å². The molecule has 0 N–H and O–H groups in total. The van der Waals surface area contributed by atoms with Gasteiger partial charge >= 0.3 is 0 Å². The first-order chi connectivity index (χ1) is 6.31. The van der Waals surface area contributed by atoms with Crippen molar-refractivity contribution in [1.29, 1.82) is 0 Å². The van der Waals surface area contributed by atoms with Gasteiger partial charge < -0.3 is 9.69 Å². The fraction of sp³-hybridized carbons (Fsp3) is 0.364. The van der Waals surface area contributed by atoms with E-state index in [-0.39, 0.29) is 0 Å². The van der Waals surface area contributed by atoms with Gasteiger partial charge in [-0.2, -0.15) is 0 Å². The van der Waals surface area contributed by atoms with Crippen LogP contribution < -0.4 is 4.90 Å². The van der Waals surface area contributed by atoms with E-state index in [9.17, 15) is 4.79 Å².